The van der Waals surface area contributed by atoms with Gasteiger partial charge < -0.3 is 9.84 Å². The van der Waals surface area contributed by atoms with Crippen LogP contribution in [0.3, 0.4) is 0 Å². The lowest BCUT2D eigenvalue weighted by Gasteiger charge is -2.30. The number of hydrogen-bond donors (Lipinski definition) is 1. The van der Waals surface area contributed by atoms with Crippen molar-refractivity contribution in [1.29, 1.82) is 0 Å². The summed E-state index contributed by atoms with van der Waals surface area (Å²) in [6.45, 7) is 8.27. The van der Waals surface area contributed by atoms with Crippen LogP contribution < -0.4 is 0 Å². The zero-order valence-corrected chi connectivity index (χ0v) is 15.4. The first kappa shape index (κ1) is 20.4. The lowest BCUT2D eigenvalue weighted by Crippen LogP contribution is -2.33. The Bertz CT molecular complexity index is 487. The summed E-state index contributed by atoms with van der Waals surface area (Å²) in [6.07, 6.45) is 17.5. The minimum absolute atomic E-state index is 0.0283. The zero-order chi connectivity index (χ0) is 17.9. The van der Waals surface area contributed by atoms with E-state index in [0.717, 1.165) is 19.3 Å². The Morgan fingerprint density at radius 1 is 1.21 bits per heavy atom. The van der Waals surface area contributed by atoms with E-state index in [1.165, 1.54) is 6.08 Å². The summed E-state index contributed by atoms with van der Waals surface area (Å²) in [5.41, 5.74) is 0. The summed E-state index contributed by atoms with van der Waals surface area (Å²) in [4.78, 5) is 11.4. The van der Waals surface area contributed by atoms with Gasteiger partial charge in [0.05, 0.1) is 6.10 Å². The van der Waals surface area contributed by atoms with Crippen LogP contribution >= 0.6 is 0 Å². The zero-order valence-electron chi connectivity index (χ0n) is 15.4. The van der Waals surface area contributed by atoms with E-state index in [9.17, 15) is 9.90 Å². The average molecular weight is 332 g/mol. The molecule has 3 heteroatoms. The Kier molecular flexibility index (Phi) is 9.39. The molecule has 0 spiro atoms. The summed E-state index contributed by atoms with van der Waals surface area (Å²) in [7, 11) is 0. The molecule has 0 fully saturated rings. The molecule has 0 radical (unpaired) electrons. The number of carbonyl (C=O) groups excluding carboxylic acids is 1. The molecule has 3 unspecified atom stereocenters. The fourth-order valence-electron chi connectivity index (χ4n) is 2.96. The second-order valence-electron chi connectivity index (χ2n) is 6.79. The third kappa shape index (κ3) is 7.31. The Labute approximate surface area is 146 Å². The van der Waals surface area contributed by atoms with E-state index in [2.05, 4.69) is 20.8 Å². The predicted octanol–water partition coefficient (Wildman–Crippen LogP) is 4.60. The molecular formula is C21H32O3. The van der Waals surface area contributed by atoms with E-state index < -0.39 is 6.10 Å². The Morgan fingerprint density at radius 3 is 2.62 bits per heavy atom. The molecule has 0 bridgehead atoms. The van der Waals surface area contributed by atoms with Crippen molar-refractivity contribution in [3.63, 3.8) is 0 Å². The van der Waals surface area contributed by atoms with Crippen molar-refractivity contribution in [2.75, 3.05) is 0 Å². The predicted molar refractivity (Wildman–Crippen MR) is 99.5 cm³/mol. The number of allylic oxidation sites excluding steroid dienone is 5. The molecule has 0 aliphatic carbocycles. The summed E-state index contributed by atoms with van der Waals surface area (Å²) in [5.74, 6) is 0.588. The molecule has 1 heterocycles. The Morgan fingerprint density at radius 2 is 1.92 bits per heavy atom. The molecule has 0 aromatic heterocycles. The van der Waals surface area contributed by atoms with Gasteiger partial charge in [-0.1, -0.05) is 69.7 Å². The molecule has 0 aromatic carbocycles. The van der Waals surface area contributed by atoms with Crippen molar-refractivity contribution in [3.05, 3.63) is 48.6 Å². The topological polar surface area (TPSA) is 46.5 Å². The summed E-state index contributed by atoms with van der Waals surface area (Å²) < 4.78 is 5.45. The van der Waals surface area contributed by atoms with Crippen LogP contribution in [0.5, 0.6) is 0 Å². The smallest absolute Gasteiger partial charge is 0.330 e. The van der Waals surface area contributed by atoms with Crippen LogP contribution in [0.1, 0.15) is 47.0 Å². The minimum atomic E-state index is -0.426. The molecule has 1 aliphatic rings. The van der Waals surface area contributed by atoms with E-state index in [0.29, 0.717) is 5.92 Å². The molecule has 1 aliphatic heterocycles. The van der Waals surface area contributed by atoms with Crippen molar-refractivity contribution >= 4 is 5.97 Å². The number of esters is 1. The van der Waals surface area contributed by atoms with Gasteiger partial charge in [-0.05, 0) is 31.6 Å². The summed E-state index contributed by atoms with van der Waals surface area (Å²) in [6, 6.07) is 0. The molecule has 1 N–H and O–H groups in total. The third-order valence-corrected chi connectivity index (χ3v) is 4.60. The van der Waals surface area contributed by atoms with E-state index >= 15 is 0 Å². The fraction of sp³-hybridized carbons (Fsp3) is 0.571. The van der Waals surface area contributed by atoms with Gasteiger partial charge in [0.15, 0.2) is 0 Å². The van der Waals surface area contributed by atoms with Crippen LogP contribution in [0.25, 0.3) is 0 Å². The highest BCUT2D eigenvalue weighted by atomic mass is 16.5. The van der Waals surface area contributed by atoms with Gasteiger partial charge >= 0.3 is 5.97 Å². The normalized spacial score (nSPS) is 25.5. The van der Waals surface area contributed by atoms with Crippen LogP contribution in [0, 0.1) is 17.8 Å². The molecule has 0 saturated carbocycles. The molecule has 1 rings (SSSR count). The lowest BCUT2D eigenvalue weighted by atomic mass is 9.86. The van der Waals surface area contributed by atoms with Crippen LogP contribution in [-0.4, -0.2) is 23.3 Å². The molecule has 3 nitrogen and oxygen atoms in total. The molecular weight excluding hydrogens is 300 g/mol. The van der Waals surface area contributed by atoms with Gasteiger partial charge in [-0.3, -0.25) is 0 Å². The second-order valence-corrected chi connectivity index (χ2v) is 6.79. The van der Waals surface area contributed by atoms with E-state index in [1.807, 2.05) is 49.5 Å². The number of cyclic esters (lactones) is 1. The summed E-state index contributed by atoms with van der Waals surface area (Å²) in [5, 5.41) is 10.1. The maximum atomic E-state index is 11.4. The average Bonchev–Trinajstić information content (AvgIpc) is 2.56. The van der Waals surface area contributed by atoms with Crippen molar-refractivity contribution in [2.45, 2.75) is 59.2 Å². The van der Waals surface area contributed by atoms with Gasteiger partial charge in [0.25, 0.3) is 0 Å². The van der Waals surface area contributed by atoms with E-state index in [-0.39, 0.29) is 23.9 Å². The SMILES string of the molecule is C/C=C/C=C\C=C/C(O)C(C)CCCC(C)[C@@H]1OC(=O)C=C[C@@H]1C. The van der Waals surface area contributed by atoms with Gasteiger partial charge in [-0.25, -0.2) is 4.79 Å². The number of ether oxygens (including phenoxy) is 1. The molecule has 0 amide bonds. The second kappa shape index (κ2) is 11.0. The fourth-order valence-corrected chi connectivity index (χ4v) is 2.96. The van der Waals surface area contributed by atoms with Gasteiger partial charge in [-0.2, -0.15) is 0 Å². The number of aliphatic hydroxyl groups excluding tert-OH is 1. The quantitative estimate of drug-likeness (QED) is 0.496. The largest absolute Gasteiger partial charge is 0.458 e. The molecule has 5 atom stereocenters. The van der Waals surface area contributed by atoms with Crippen molar-refractivity contribution in [2.24, 2.45) is 17.8 Å². The van der Waals surface area contributed by atoms with Crippen molar-refractivity contribution in [3.8, 4) is 0 Å². The standard InChI is InChI=1S/C21H32O3/c1-5-6-7-8-9-13-19(22)16(2)11-10-12-17(3)21-18(4)14-15-20(23)24-21/h5-9,13-19,21-22H,10-12H2,1-4H3/b6-5+,8-7-,13-9-/t16?,17?,18-,19?,21-/m0/s1. The number of aliphatic hydroxyl groups is 1. The molecule has 0 aromatic rings. The minimum Gasteiger partial charge on any atom is -0.458 e. The van der Waals surface area contributed by atoms with E-state index in [4.69, 9.17) is 4.74 Å². The maximum absolute atomic E-state index is 11.4. The van der Waals surface area contributed by atoms with E-state index in [1.54, 1.807) is 0 Å². The first-order valence-electron chi connectivity index (χ1n) is 8.98. The van der Waals surface area contributed by atoms with Crippen LogP contribution in [0.4, 0.5) is 0 Å². The van der Waals surface area contributed by atoms with Gasteiger partial charge in [0.1, 0.15) is 6.10 Å². The number of hydrogen-bond acceptors (Lipinski definition) is 3. The van der Waals surface area contributed by atoms with Gasteiger partial charge in [0.2, 0.25) is 0 Å². The third-order valence-electron chi connectivity index (χ3n) is 4.60. The first-order chi connectivity index (χ1) is 11.5. The van der Waals surface area contributed by atoms with Gasteiger partial charge in [0, 0.05) is 12.0 Å². The molecule has 24 heavy (non-hydrogen) atoms. The molecule has 134 valence electrons. The summed E-state index contributed by atoms with van der Waals surface area (Å²) >= 11 is 0. The highest BCUT2D eigenvalue weighted by Gasteiger charge is 2.28. The number of carbonyl (C=O) groups is 1. The Hall–Kier alpha value is -1.61. The van der Waals surface area contributed by atoms with Crippen molar-refractivity contribution < 1.29 is 14.6 Å². The number of rotatable bonds is 9. The lowest BCUT2D eigenvalue weighted by molar-refractivity contribution is -0.149. The van der Waals surface area contributed by atoms with Crippen LogP contribution in [-0.2, 0) is 9.53 Å². The monoisotopic (exact) mass is 332 g/mol. The van der Waals surface area contributed by atoms with Gasteiger partial charge in [-0.15, -0.1) is 0 Å². The highest BCUT2D eigenvalue weighted by Crippen LogP contribution is 2.26. The maximum Gasteiger partial charge on any atom is 0.330 e. The first-order valence-corrected chi connectivity index (χ1v) is 8.98. The molecule has 0 saturated heterocycles. The van der Waals surface area contributed by atoms with Crippen LogP contribution in [0.15, 0.2) is 48.6 Å². The Balaban J connectivity index is 2.32. The van der Waals surface area contributed by atoms with Crippen LogP contribution in [0.2, 0.25) is 0 Å². The highest BCUT2D eigenvalue weighted by molar-refractivity contribution is 5.82. The van der Waals surface area contributed by atoms with Crippen molar-refractivity contribution in [1.82, 2.24) is 0 Å².